The van der Waals surface area contributed by atoms with Gasteiger partial charge in [-0.1, -0.05) is 34.8 Å². The highest BCUT2D eigenvalue weighted by molar-refractivity contribution is 6.42. The molecular formula is C11H6Cl3N3O3. The Morgan fingerprint density at radius 1 is 1.20 bits per heavy atom. The molecule has 0 aliphatic rings. The largest absolute Gasteiger partial charge is 0.477 e. The summed E-state index contributed by atoms with van der Waals surface area (Å²) >= 11 is 17.6. The van der Waals surface area contributed by atoms with E-state index in [1.807, 2.05) is 0 Å². The van der Waals surface area contributed by atoms with Crippen LogP contribution in [0, 0.1) is 0 Å². The van der Waals surface area contributed by atoms with Crippen LogP contribution >= 0.6 is 34.8 Å². The Labute approximate surface area is 127 Å². The fraction of sp³-hybridized carbons (Fsp3) is 0. The Morgan fingerprint density at radius 2 is 1.80 bits per heavy atom. The van der Waals surface area contributed by atoms with Crippen LogP contribution in [0.3, 0.4) is 0 Å². The van der Waals surface area contributed by atoms with Crippen LogP contribution < -0.4 is 5.32 Å². The number of imidazole rings is 1. The lowest BCUT2D eigenvalue weighted by Crippen LogP contribution is -2.17. The van der Waals surface area contributed by atoms with Crippen molar-refractivity contribution in [1.29, 1.82) is 0 Å². The van der Waals surface area contributed by atoms with Crippen molar-refractivity contribution in [2.45, 2.75) is 0 Å². The van der Waals surface area contributed by atoms with E-state index < -0.39 is 11.9 Å². The molecule has 0 aliphatic heterocycles. The van der Waals surface area contributed by atoms with Gasteiger partial charge in [-0.15, -0.1) is 0 Å². The van der Waals surface area contributed by atoms with Crippen LogP contribution in [0.1, 0.15) is 21.0 Å². The van der Waals surface area contributed by atoms with Gasteiger partial charge in [-0.25, -0.2) is 9.78 Å². The van der Waals surface area contributed by atoms with E-state index in [0.717, 1.165) is 6.33 Å². The maximum Gasteiger partial charge on any atom is 0.354 e. The number of nitrogens with zero attached hydrogens (tertiary/aromatic N) is 1. The Bertz CT molecular complexity index is 676. The average molecular weight is 335 g/mol. The molecule has 2 aromatic rings. The maximum absolute atomic E-state index is 12.0. The average Bonchev–Trinajstić information content (AvgIpc) is 2.82. The van der Waals surface area contributed by atoms with Gasteiger partial charge >= 0.3 is 5.97 Å². The number of anilines is 1. The van der Waals surface area contributed by atoms with Crippen LogP contribution in [-0.2, 0) is 0 Å². The summed E-state index contributed by atoms with van der Waals surface area (Å²) in [7, 11) is 0. The number of carbonyl (C=O) groups excluding carboxylic acids is 1. The second-order valence-electron chi connectivity index (χ2n) is 3.63. The van der Waals surface area contributed by atoms with E-state index in [9.17, 15) is 9.59 Å². The second-order valence-corrected chi connectivity index (χ2v) is 4.88. The maximum atomic E-state index is 12.0. The summed E-state index contributed by atoms with van der Waals surface area (Å²) in [6, 6.07) is 2.79. The summed E-state index contributed by atoms with van der Waals surface area (Å²) in [6.07, 6.45) is 1.10. The fourth-order valence-corrected chi connectivity index (χ4v) is 2.38. The van der Waals surface area contributed by atoms with Crippen molar-refractivity contribution in [3.63, 3.8) is 0 Å². The van der Waals surface area contributed by atoms with Crippen molar-refractivity contribution >= 4 is 52.4 Å². The number of carbonyl (C=O) groups is 2. The molecule has 1 heterocycles. The van der Waals surface area contributed by atoms with Crippen LogP contribution in [0.4, 0.5) is 5.69 Å². The molecule has 0 bridgehead atoms. The van der Waals surface area contributed by atoms with Gasteiger partial charge < -0.3 is 15.4 Å². The van der Waals surface area contributed by atoms with Gasteiger partial charge in [0.15, 0.2) is 11.4 Å². The first-order chi connectivity index (χ1) is 9.40. The van der Waals surface area contributed by atoms with E-state index in [2.05, 4.69) is 15.3 Å². The Hall–Kier alpha value is -1.76. The molecule has 20 heavy (non-hydrogen) atoms. The van der Waals surface area contributed by atoms with Gasteiger partial charge in [0.25, 0.3) is 5.91 Å². The lowest BCUT2D eigenvalue weighted by Gasteiger charge is -2.09. The minimum Gasteiger partial charge on any atom is -0.477 e. The molecule has 1 aromatic carbocycles. The number of benzene rings is 1. The molecule has 0 radical (unpaired) electrons. The Morgan fingerprint density at radius 3 is 2.35 bits per heavy atom. The number of nitrogens with one attached hydrogen (secondary N) is 2. The van der Waals surface area contributed by atoms with Crippen molar-refractivity contribution in [1.82, 2.24) is 9.97 Å². The lowest BCUT2D eigenvalue weighted by molar-refractivity contribution is 0.0686. The molecule has 0 saturated carbocycles. The summed E-state index contributed by atoms with van der Waals surface area (Å²) in [5, 5.41) is 11.9. The number of halogens is 3. The number of amides is 1. The number of aromatic nitrogens is 2. The standard InChI is InChI=1S/C11H6Cl3N3O3/c12-4-1-5(13)7(6(14)2-4)17-10(18)8-9(11(19)20)16-3-15-8/h1-3H,(H,15,16)(H,17,18)(H,19,20). The van der Waals surface area contributed by atoms with Gasteiger partial charge in [-0.2, -0.15) is 0 Å². The lowest BCUT2D eigenvalue weighted by atomic mass is 10.2. The molecular weight excluding hydrogens is 328 g/mol. The number of hydrogen-bond acceptors (Lipinski definition) is 3. The quantitative estimate of drug-likeness (QED) is 0.802. The molecule has 1 aromatic heterocycles. The number of rotatable bonds is 3. The second kappa shape index (κ2) is 5.70. The van der Waals surface area contributed by atoms with E-state index >= 15 is 0 Å². The molecule has 9 heteroatoms. The zero-order valence-corrected chi connectivity index (χ0v) is 11.8. The normalized spacial score (nSPS) is 10.3. The molecule has 6 nitrogen and oxygen atoms in total. The summed E-state index contributed by atoms with van der Waals surface area (Å²) in [5.74, 6) is -2.06. The minimum absolute atomic E-state index is 0.127. The van der Waals surface area contributed by atoms with Gasteiger partial charge in [-0.05, 0) is 12.1 Å². The number of aromatic carboxylic acids is 1. The summed E-state index contributed by atoms with van der Waals surface area (Å²) in [5.41, 5.74) is -0.481. The molecule has 0 saturated heterocycles. The molecule has 0 unspecified atom stereocenters. The van der Waals surface area contributed by atoms with Gasteiger partial charge in [0.1, 0.15) is 0 Å². The molecule has 0 atom stereocenters. The molecule has 1 amide bonds. The smallest absolute Gasteiger partial charge is 0.354 e. The highest BCUT2D eigenvalue weighted by atomic mass is 35.5. The fourth-order valence-electron chi connectivity index (χ4n) is 1.46. The van der Waals surface area contributed by atoms with Gasteiger partial charge in [0.05, 0.1) is 22.1 Å². The molecule has 2 rings (SSSR count). The first-order valence-corrected chi connectivity index (χ1v) is 6.26. The third kappa shape index (κ3) is 2.87. The minimum atomic E-state index is -1.30. The van der Waals surface area contributed by atoms with Gasteiger partial charge in [0, 0.05) is 5.02 Å². The zero-order valence-electron chi connectivity index (χ0n) is 9.58. The number of carboxylic acid groups (broad SMARTS) is 1. The SMILES string of the molecule is O=C(Nc1c(Cl)cc(Cl)cc1Cl)c1nc[nH]c1C(=O)O. The van der Waals surface area contributed by atoms with E-state index in [1.54, 1.807) is 0 Å². The van der Waals surface area contributed by atoms with E-state index in [1.165, 1.54) is 12.1 Å². The highest BCUT2D eigenvalue weighted by Crippen LogP contribution is 2.33. The van der Waals surface area contributed by atoms with Gasteiger partial charge in [-0.3, -0.25) is 4.79 Å². The van der Waals surface area contributed by atoms with E-state index in [4.69, 9.17) is 39.9 Å². The van der Waals surface area contributed by atoms with E-state index in [0.29, 0.717) is 5.02 Å². The third-order valence-electron chi connectivity index (χ3n) is 2.31. The molecule has 3 N–H and O–H groups in total. The summed E-state index contributed by atoms with van der Waals surface area (Å²) in [6.45, 7) is 0. The number of H-pyrrole nitrogens is 1. The van der Waals surface area contributed by atoms with Crippen LogP contribution in [0.15, 0.2) is 18.5 Å². The van der Waals surface area contributed by atoms with Crippen molar-refractivity contribution in [3.8, 4) is 0 Å². The van der Waals surface area contributed by atoms with Crippen LogP contribution in [0.2, 0.25) is 15.1 Å². The Balaban J connectivity index is 2.33. The van der Waals surface area contributed by atoms with Crippen molar-refractivity contribution < 1.29 is 14.7 Å². The molecule has 0 aliphatic carbocycles. The summed E-state index contributed by atoms with van der Waals surface area (Å²) in [4.78, 5) is 28.9. The number of hydrogen-bond donors (Lipinski definition) is 3. The summed E-state index contributed by atoms with van der Waals surface area (Å²) < 4.78 is 0. The first-order valence-electron chi connectivity index (χ1n) is 5.12. The molecule has 0 fully saturated rings. The molecule has 0 spiro atoms. The van der Waals surface area contributed by atoms with Crippen LogP contribution in [0.5, 0.6) is 0 Å². The highest BCUT2D eigenvalue weighted by Gasteiger charge is 2.21. The first kappa shape index (κ1) is 14.6. The van der Waals surface area contributed by atoms with Crippen LogP contribution in [0.25, 0.3) is 0 Å². The zero-order chi connectivity index (χ0) is 14.9. The van der Waals surface area contributed by atoms with E-state index in [-0.39, 0.29) is 27.1 Å². The molecule has 104 valence electrons. The van der Waals surface area contributed by atoms with Gasteiger partial charge in [0.2, 0.25) is 0 Å². The monoisotopic (exact) mass is 333 g/mol. The third-order valence-corrected chi connectivity index (χ3v) is 3.13. The Kier molecular flexibility index (Phi) is 4.17. The van der Waals surface area contributed by atoms with Crippen molar-refractivity contribution in [3.05, 3.63) is 44.9 Å². The predicted octanol–water partition coefficient (Wildman–Crippen LogP) is 3.32. The predicted molar refractivity (Wildman–Crippen MR) is 75.0 cm³/mol. The number of carboxylic acids is 1. The van der Waals surface area contributed by atoms with Crippen molar-refractivity contribution in [2.24, 2.45) is 0 Å². The van der Waals surface area contributed by atoms with Crippen molar-refractivity contribution in [2.75, 3.05) is 5.32 Å². The van der Waals surface area contributed by atoms with Crippen LogP contribution in [-0.4, -0.2) is 27.0 Å². The number of aromatic amines is 1. The topological polar surface area (TPSA) is 95.1 Å².